The van der Waals surface area contributed by atoms with Crippen molar-refractivity contribution in [3.05, 3.63) is 47.0 Å². The van der Waals surface area contributed by atoms with Crippen LogP contribution in [0.25, 0.3) is 0 Å². The van der Waals surface area contributed by atoms with Crippen LogP contribution in [0.3, 0.4) is 0 Å². The van der Waals surface area contributed by atoms with E-state index in [0.717, 1.165) is 36.1 Å². The number of nitrogens with two attached hydrogens (primary N) is 1. The molecule has 0 spiro atoms. The van der Waals surface area contributed by atoms with Crippen molar-refractivity contribution in [2.75, 3.05) is 6.54 Å². The first-order valence-electron chi connectivity index (χ1n) is 5.47. The van der Waals surface area contributed by atoms with Crippen LogP contribution in [0.1, 0.15) is 24.5 Å². The zero-order valence-corrected chi connectivity index (χ0v) is 9.72. The normalized spacial score (nSPS) is 12.9. The second kappa shape index (κ2) is 5.87. The minimum atomic E-state index is -4.26. The molecule has 0 heterocycles. The van der Waals surface area contributed by atoms with Gasteiger partial charge in [0.15, 0.2) is 0 Å². The molecule has 1 rings (SSSR count). The quantitative estimate of drug-likeness (QED) is 0.804. The lowest BCUT2D eigenvalue weighted by atomic mass is 10.0. The van der Waals surface area contributed by atoms with E-state index in [1.165, 1.54) is 12.1 Å². The number of benzene rings is 1. The van der Waals surface area contributed by atoms with E-state index in [-0.39, 0.29) is 0 Å². The molecule has 0 radical (unpaired) electrons. The van der Waals surface area contributed by atoms with Crippen molar-refractivity contribution in [2.45, 2.75) is 25.9 Å². The molecular formula is C13H16F3N. The molecule has 0 amide bonds. The van der Waals surface area contributed by atoms with E-state index in [2.05, 4.69) is 0 Å². The highest BCUT2D eigenvalue weighted by Gasteiger charge is 2.29. The lowest BCUT2D eigenvalue weighted by molar-refractivity contribution is -0.137. The second-order valence-corrected chi connectivity index (χ2v) is 3.85. The van der Waals surface area contributed by atoms with Crippen LogP contribution in [0.4, 0.5) is 13.2 Å². The van der Waals surface area contributed by atoms with Gasteiger partial charge in [0.2, 0.25) is 0 Å². The third-order valence-electron chi connectivity index (χ3n) is 2.69. The van der Waals surface area contributed by atoms with Crippen molar-refractivity contribution < 1.29 is 13.2 Å². The Bertz CT molecular complexity index is 377. The smallest absolute Gasteiger partial charge is 0.327 e. The topological polar surface area (TPSA) is 26.0 Å². The molecule has 94 valence electrons. The highest BCUT2D eigenvalue weighted by Crippen LogP contribution is 2.29. The molecular weight excluding hydrogens is 227 g/mol. The molecule has 0 aliphatic rings. The summed E-state index contributed by atoms with van der Waals surface area (Å²) < 4.78 is 37.0. The van der Waals surface area contributed by atoms with Crippen molar-refractivity contribution in [3.63, 3.8) is 0 Å². The molecule has 0 saturated carbocycles. The van der Waals surface area contributed by atoms with Gasteiger partial charge >= 0.3 is 6.18 Å². The van der Waals surface area contributed by atoms with Crippen LogP contribution in [-0.2, 0) is 12.6 Å². The fourth-order valence-electron chi connectivity index (χ4n) is 1.53. The molecule has 0 fully saturated rings. The zero-order valence-electron chi connectivity index (χ0n) is 9.72. The van der Waals surface area contributed by atoms with E-state index < -0.39 is 11.7 Å². The maximum absolute atomic E-state index is 12.3. The minimum Gasteiger partial charge on any atom is -0.327 e. The predicted molar refractivity (Wildman–Crippen MR) is 62.6 cm³/mol. The summed E-state index contributed by atoms with van der Waals surface area (Å²) in [5, 5.41) is 0. The van der Waals surface area contributed by atoms with Crippen LogP contribution in [0.2, 0.25) is 0 Å². The van der Waals surface area contributed by atoms with Gasteiger partial charge in [-0.15, -0.1) is 0 Å². The van der Waals surface area contributed by atoms with Gasteiger partial charge in [-0.3, -0.25) is 0 Å². The SMILES string of the molecule is C/C=C(\CN)CCc1ccc(C(F)(F)F)cc1. The van der Waals surface area contributed by atoms with E-state index in [1.54, 1.807) is 0 Å². The Morgan fingerprint density at radius 2 is 1.82 bits per heavy atom. The van der Waals surface area contributed by atoms with Crippen LogP contribution >= 0.6 is 0 Å². The van der Waals surface area contributed by atoms with E-state index in [4.69, 9.17) is 5.73 Å². The first-order valence-corrected chi connectivity index (χ1v) is 5.47. The van der Waals surface area contributed by atoms with E-state index in [0.29, 0.717) is 6.54 Å². The number of rotatable bonds is 4. The predicted octanol–water partition coefficient (Wildman–Crippen LogP) is 3.54. The summed E-state index contributed by atoms with van der Waals surface area (Å²) in [7, 11) is 0. The van der Waals surface area contributed by atoms with E-state index in [9.17, 15) is 13.2 Å². The summed E-state index contributed by atoms with van der Waals surface area (Å²) in [6.45, 7) is 2.41. The lowest BCUT2D eigenvalue weighted by Crippen LogP contribution is -2.05. The van der Waals surface area contributed by atoms with Gasteiger partial charge in [0.05, 0.1) is 5.56 Å². The number of hydrogen-bond donors (Lipinski definition) is 1. The Kier molecular flexibility index (Phi) is 4.75. The largest absolute Gasteiger partial charge is 0.416 e. The Balaban J connectivity index is 2.63. The summed E-state index contributed by atoms with van der Waals surface area (Å²) in [6, 6.07) is 5.28. The maximum atomic E-state index is 12.3. The molecule has 1 aromatic carbocycles. The molecule has 0 bridgehead atoms. The number of allylic oxidation sites excluding steroid dienone is 1. The highest BCUT2D eigenvalue weighted by molar-refractivity contribution is 5.25. The first kappa shape index (κ1) is 13.8. The Morgan fingerprint density at radius 1 is 1.24 bits per heavy atom. The van der Waals surface area contributed by atoms with Crippen LogP contribution in [-0.4, -0.2) is 6.54 Å². The molecule has 4 heteroatoms. The summed E-state index contributed by atoms with van der Waals surface area (Å²) in [5.74, 6) is 0. The molecule has 0 aliphatic carbocycles. The average molecular weight is 243 g/mol. The highest BCUT2D eigenvalue weighted by atomic mass is 19.4. The number of hydrogen-bond acceptors (Lipinski definition) is 1. The van der Waals surface area contributed by atoms with Gasteiger partial charge in [-0.05, 0) is 37.5 Å². The molecule has 1 nitrogen and oxygen atoms in total. The van der Waals surface area contributed by atoms with Crippen molar-refractivity contribution in [2.24, 2.45) is 5.73 Å². The third-order valence-corrected chi connectivity index (χ3v) is 2.69. The fourth-order valence-corrected chi connectivity index (χ4v) is 1.53. The Hall–Kier alpha value is -1.29. The van der Waals surface area contributed by atoms with Gasteiger partial charge in [0.25, 0.3) is 0 Å². The molecule has 0 aliphatic heterocycles. The van der Waals surface area contributed by atoms with Gasteiger partial charge in [0, 0.05) is 6.54 Å². The molecule has 0 saturated heterocycles. The van der Waals surface area contributed by atoms with Gasteiger partial charge in [-0.2, -0.15) is 13.2 Å². The third kappa shape index (κ3) is 4.23. The number of halogens is 3. The van der Waals surface area contributed by atoms with E-state index in [1.807, 2.05) is 13.0 Å². The second-order valence-electron chi connectivity index (χ2n) is 3.85. The summed E-state index contributed by atoms with van der Waals surface area (Å²) >= 11 is 0. The van der Waals surface area contributed by atoms with Crippen molar-refractivity contribution in [1.29, 1.82) is 0 Å². The maximum Gasteiger partial charge on any atom is 0.416 e. The minimum absolute atomic E-state index is 0.497. The Morgan fingerprint density at radius 3 is 2.24 bits per heavy atom. The van der Waals surface area contributed by atoms with Gasteiger partial charge < -0.3 is 5.73 Å². The average Bonchev–Trinajstić information content (AvgIpc) is 2.30. The lowest BCUT2D eigenvalue weighted by Gasteiger charge is -2.08. The first-order chi connectivity index (χ1) is 7.97. The molecule has 1 aromatic rings. The van der Waals surface area contributed by atoms with Crippen molar-refractivity contribution in [3.8, 4) is 0 Å². The van der Waals surface area contributed by atoms with E-state index >= 15 is 0 Å². The fraction of sp³-hybridized carbons (Fsp3) is 0.385. The van der Waals surface area contributed by atoms with Crippen LogP contribution < -0.4 is 5.73 Å². The molecule has 0 unspecified atom stereocenters. The van der Waals surface area contributed by atoms with Crippen LogP contribution in [0.5, 0.6) is 0 Å². The standard InChI is InChI=1S/C13H16F3N/c1-2-10(9-17)3-4-11-5-7-12(8-6-11)13(14,15)16/h2,5-8H,3-4,9,17H2,1H3/b10-2-. The molecule has 0 aromatic heterocycles. The zero-order chi connectivity index (χ0) is 12.9. The number of alkyl halides is 3. The molecule has 17 heavy (non-hydrogen) atoms. The summed E-state index contributed by atoms with van der Waals surface area (Å²) in [5.41, 5.74) is 6.92. The van der Waals surface area contributed by atoms with Gasteiger partial charge in [-0.1, -0.05) is 23.8 Å². The van der Waals surface area contributed by atoms with Gasteiger partial charge in [0.1, 0.15) is 0 Å². The van der Waals surface area contributed by atoms with Gasteiger partial charge in [-0.25, -0.2) is 0 Å². The van der Waals surface area contributed by atoms with Crippen LogP contribution in [0.15, 0.2) is 35.9 Å². The Labute approximate surface area is 99.1 Å². The summed E-state index contributed by atoms with van der Waals surface area (Å²) in [6.07, 6.45) is -0.804. The van der Waals surface area contributed by atoms with Crippen molar-refractivity contribution in [1.82, 2.24) is 0 Å². The monoisotopic (exact) mass is 243 g/mol. The summed E-state index contributed by atoms with van der Waals surface area (Å²) in [4.78, 5) is 0. The molecule has 2 N–H and O–H groups in total. The molecule has 0 atom stereocenters. The number of aryl methyl sites for hydroxylation is 1. The van der Waals surface area contributed by atoms with Crippen molar-refractivity contribution >= 4 is 0 Å². The van der Waals surface area contributed by atoms with Crippen LogP contribution in [0, 0.1) is 0 Å².